The molecule has 0 atom stereocenters. The lowest BCUT2D eigenvalue weighted by Crippen LogP contribution is -2.16. The first kappa shape index (κ1) is 17.3. The minimum absolute atomic E-state index is 0.0273. The number of aryl methyl sites for hydroxylation is 1. The van der Waals surface area contributed by atoms with Crippen LogP contribution in [0.5, 0.6) is 0 Å². The first-order chi connectivity index (χ1) is 12.6. The molecule has 0 aliphatic rings. The number of para-hydroxylation sites is 1. The van der Waals surface area contributed by atoms with Crippen LogP contribution in [0.1, 0.15) is 12.5 Å². The first-order valence-electron chi connectivity index (χ1n) is 8.14. The number of benzene rings is 2. The summed E-state index contributed by atoms with van der Waals surface area (Å²) in [5.41, 5.74) is 10.5. The zero-order valence-electron chi connectivity index (χ0n) is 14.6. The summed E-state index contributed by atoms with van der Waals surface area (Å²) in [6.07, 6.45) is 3.46. The summed E-state index contributed by atoms with van der Waals surface area (Å²) in [5.74, 6) is -0.443. The van der Waals surface area contributed by atoms with Crippen LogP contribution in [0.3, 0.4) is 0 Å². The van der Waals surface area contributed by atoms with E-state index in [-0.39, 0.29) is 5.70 Å². The zero-order chi connectivity index (χ0) is 18.5. The Morgan fingerprint density at radius 3 is 2.65 bits per heavy atom. The van der Waals surface area contributed by atoms with Gasteiger partial charge in [0.1, 0.15) is 0 Å². The molecule has 26 heavy (non-hydrogen) atoms. The van der Waals surface area contributed by atoms with Crippen LogP contribution in [-0.4, -0.2) is 10.9 Å². The van der Waals surface area contributed by atoms with E-state index in [1.807, 2.05) is 55.5 Å². The van der Waals surface area contributed by atoms with Crippen molar-refractivity contribution in [2.45, 2.75) is 13.8 Å². The van der Waals surface area contributed by atoms with Crippen molar-refractivity contribution in [3.05, 3.63) is 77.9 Å². The largest absolute Gasteiger partial charge is 0.357 e. The van der Waals surface area contributed by atoms with E-state index in [1.54, 1.807) is 19.3 Å². The second-order valence-corrected chi connectivity index (χ2v) is 5.92. The number of carbonyl (C=O) groups is 1. The number of hydrogen-bond acceptors (Lipinski definition) is 5. The Bertz CT molecular complexity index is 1010. The van der Waals surface area contributed by atoms with Gasteiger partial charge in [-0.15, -0.1) is 0 Å². The minimum Gasteiger partial charge on any atom is -0.357 e. The van der Waals surface area contributed by atoms with Gasteiger partial charge in [0.15, 0.2) is 5.70 Å². The standard InChI is InChI=1S/C20H19N5O/c1-13-5-3-4-6-18(13)23-14(2)19(25-21)20(26)24-17-8-7-15-9-10-22-12-16(15)11-17/h3-12,21,23H,1-2H3,(H,24,26)/b19-14-,25-21?. The Hall–Kier alpha value is -3.54. The van der Waals surface area contributed by atoms with E-state index in [0.717, 1.165) is 22.0 Å². The van der Waals surface area contributed by atoms with Crippen molar-refractivity contribution >= 4 is 28.1 Å². The summed E-state index contributed by atoms with van der Waals surface area (Å²) >= 11 is 0. The molecule has 3 aromatic rings. The third-order valence-electron chi connectivity index (χ3n) is 4.05. The van der Waals surface area contributed by atoms with Gasteiger partial charge in [-0.25, -0.2) is 5.53 Å². The number of pyridine rings is 1. The van der Waals surface area contributed by atoms with Crippen LogP contribution in [-0.2, 0) is 4.79 Å². The van der Waals surface area contributed by atoms with E-state index in [0.29, 0.717) is 11.4 Å². The normalized spacial score (nSPS) is 11.6. The number of hydrogen-bond donors (Lipinski definition) is 3. The predicted octanol–water partition coefficient (Wildman–Crippen LogP) is 4.86. The van der Waals surface area contributed by atoms with Crippen LogP contribution >= 0.6 is 0 Å². The van der Waals surface area contributed by atoms with Crippen LogP contribution in [0.15, 0.2) is 77.4 Å². The Morgan fingerprint density at radius 1 is 1.08 bits per heavy atom. The smallest absolute Gasteiger partial charge is 0.277 e. The van der Waals surface area contributed by atoms with Crippen LogP contribution in [0.4, 0.5) is 11.4 Å². The molecule has 2 aromatic carbocycles. The molecule has 0 aliphatic heterocycles. The Balaban J connectivity index is 1.83. The van der Waals surface area contributed by atoms with Crippen molar-refractivity contribution in [2.24, 2.45) is 5.11 Å². The average molecular weight is 345 g/mol. The summed E-state index contributed by atoms with van der Waals surface area (Å²) in [7, 11) is 0. The summed E-state index contributed by atoms with van der Waals surface area (Å²) in [6.45, 7) is 3.69. The van der Waals surface area contributed by atoms with Crippen LogP contribution in [0.25, 0.3) is 10.8 Å². The molecule has 0 saturated carbocycles. The number of aromatic nitrogens is 1. The number of anilines is 2. The van der Waals surface area contributed by atoms with Crippen molar-refractivity contribution < 1.29 is 4.79 Å². The molecule has 6 nitrogen and oxygen atoms in total. The molecular weight excluding hydrogens is 326 g/mol. The minimum atomic E-state index is -0.443. The molecule has 0 spiro atoms. The Morgan fingerprint density at radius 2 is 1.88 bits per heavy atom. The van der Waals surface area contributed by atoms with Gasteiger partial charge >= 0.3 is 0 Å². The summed E-state index contributed by atoms with van der Waals surface area (Å²) < 4.78 is 0. The van der Waals surface area contributed by atoms with E-state index in [9.17, 15) is 4.79 Å². The fourth-order valence-electron chi connectivity index (χ4n) is 2.63. The maximum Gasteiger partial charge on any atom is 0.277 e. The third kappa shape index (κ3) is 3.75. The zero-order valence-corrected chi connectivity index (χ0v) is 14.6. The lowest BCUT2D eigenvalue weighted by molar-refractivity contribution is -0.113. The highest BCUT2D eigenvalue weighted by atomic mass is 16.2. The molecule has 0 aliphatic carbocycles. The number of carbonyl (C=O) groups excluding carboxylic acids is 1. The monoisotopic (exact) mass is 345 g/mol. The number of rotatable bonds is 5. The maximum atomic E-state index is 12.6. The fourth-order valence-corrected chi connectivity index (χ4v) is 2.63. The van der Waals surface area contributed by atoms with Gasteiger partial charge in [-0.3, -0.25) is 9.78 Å². The molecule has 130 valence electrons. The predicted molar refractivity (Wildman–Crippen MR) is 103 cm³/mol. The number of allylic oxidation sites excluding steroid dienone is 1. The molecule has 0 fully saturated rings. The Labute approximate surface area is 151 Å². The van der Waals surface area contributed by atoms with Gasteiger partial charge in [0.2, 0.25) is 0 Å². The van der Waals surface area contributed by atoms with E-state index in [1.165, 1.54) is 0 Å². The Kier molecular flexibility index (Phi) is 5.03. The molecule has 0 saturated heterocycles. The van der Waals surface area contributed by atoms with E-state index >= 15 is 0 Å². The molecular formula is C20H19N5O. The van der Waals surface area contributed by atoms with Crippen LogP contribution in [0.2, 0.25) is 0 Å². The molecule has 1 aromatic heterocycles. The first-order valence-corrected chi connectivity index (χ1v) is 8.14. The van der Waals surface area contributed by atoms with Gasteiger partial charge in [-0.1, -0.05) is 24.3 Å². The van der Waals surface area contributed by atoms with Gasteiger partial charge in [0, 0.05) is 34.9 Å². The van der Waals surface area contributed by atoms with E-state index < -0.39 is 5.91 Å². The second kappa shape index (κ2) is 7.57. The number of nitrogens with one attached hydrogen (secondary N) is 3. The summed E-state index contributed by atoms with van der Waals surface area (Å²) in [4.78, 5) is 16.6. The highest BCUT2D eigenvalue weighted by molar-refractivity contribution is 6.05. The van der Waals surface area contributed by atoms with Crippen molar-refractivity contribution in [1.82, 2.24) is 4.98 Å². The summed E-state index contributed by atoms with van der Waals surface area (Å²) in [5, 5.41) is 11.3. The topological polar surface area (TPSA) is 90.2 Å². The van der Waals surface area contributed by atoms with Gasteiger partial charge in [0.05, 0.1) is 0 Å². The molecule has 1 amide bonds. The maximum absolute atomic E-state index is 12.6. The van der Waals surface area contributed by atoms with Crippen LogP contribution in [0, 0.1) is 12.5 Å². The van der Waals surface area contributed by atoms with Gasteiger partial charge in [0.25, 0.3) is 5.91 Å². The van der Waals surface area contributed by atoms with Gasteiger partial charge < -0.3 is 10.6 Å². The molecule has 0 unspecified atom stereocenters. The van der Waals surface area contributed by atoms with Crippen molar-refractivity contribution in [2.75, 3.05) is 10.6 Å². The highest BCUT2D eigenvalue weighted by Gasteiger charge is 2.14. The SMILES string of the molecule is C/C(Nc1ccccc1C)=C(/N=N)C(=O)Nc1ccc2ccncc2c1. The van der Waals surface area contributed by atoms with Gasteiger partial charge in [-0.05, 0) is 49.1 Å². The molecule has 3 N–H and O–H groups in total. The van der Waals surface area contributed by atoms with Crippen molar-refractivity contribution in [3.63, 3.8) is 0 Å². The number of fused-ring (bicyclic) bond motifs is 1. The molecule has 3 rings (SSSR count). The van der Waals surface area contributed by atoms with Crippen molar-refractivity contribution in [3.8, 4) is 0 Å². The van der Waals surface area contributed by atoms with E-state index in [2.05, 4.69) is 20.7 Å². The molecule has 0 bridgehead atoms. The highest BCUT2D eigenvalue weighted by Crippen LogP contribution is 2.21. The molecule has 0 radical (unpaired) electrons. The van der Waals surface area contributed by atoms with E-state index in [4.69, 9.17) is 5.53 Å². The number of nitrogens with zero attached hydrogens (tertiary/aromatic N) is 2. The van der Waals surface area contributed by atoms with Gasteiger partial charge in [-0.2, -0.15) is 5.11 Å². The number of amides is 1. The lowest BCUT2D eigenvalue weighted by Gasteiger charge is -2.12. The van der Waals surface area contributed by atoms with Crippen LogP contribution < -0.4 is 10.6 Å². The second-order valence-electron chi connectivity index (χ2n) is 5.92. The average Bonchev–Trinajstić information content (AvgIpc) is 2.64. The molecule has 1 heterocycles. The molecule has 6 heteroatoms. The van der Waals surface area contributed by atoms with Crippen molar-refractivity contribution in [1.29, 1.82) is 5.53 Å². The fraction of sp³-hybridized carbons (Fsp3) is 0.100. The lowest BCUT2D eigenvalue weighted by atomic mass is 10.1. The quantitative estimate of drug-likeness (QED) is 0.456. The summed E-state index contributed by atoms with van der Waals surface area (Å²) in [6, 6.07) is 15.2. The third-order valence-corrected chi connectivity index (χ3v) is 4.05.